The SMILES string of the molecule is Cc1ccc(-c2cc(-c3ccccc3Cl)c3c(N)c(C(=O)Nc4ccc(Oc5ccccc5)cc4)sc3n2)cc1. The first-order valence-electron chi connectivity index (χ1n) is 12.7. The molecule has 1 amide bonds. The standard InChI is InChI=1S/C33H24ClN3O2S/c1-20-11-13-21(14-12-20)28-19-26(25-9-5-6-10-27(25)34)29-30(35)31(40-33(29)37-28)32(38)36-22-15-17-24(18-16-22)39-23-7-3-2-4-8-23/h2-19H,35H2,1H3,(H,36,38). The zero-order valence-electron chi connectivity index (χ0n) is 21.5. The molecule has 6 rings (SSSR count). The highest BCUT2D eigenvalue weighted by molar-refractivity contribution is 7.21. The first kappa shape index (κ1) is 25.6. The average molecular weight is 562 g/mol. The number of nitrogens with two attached hydrogens (primary N) is 1. The Morgan fingerprint density at radius 1 is 0.850 bits per heavy atom. The smallest absolute Gasteiger partial charge is 0.267 e. The summed E-state index contributed by atoms with van der Waals surface area (Å²) in [6, 6.07) is 34.5. The minimum atomic E-state index is -0.306. The van der Waals surface area contributed by atoms with E-state index in [1.54, 1.807) is 12.1 Å². The van der Waals surface area contributed by atoms with Crippen molar-refractivity contribution in [2.24, 2.45) is 0 Å². The molecule has 7 heteroatoms. The van der Waals surface area contributed by atoms with Gasteiger partial charge >= 0.3 is 0 Å². The number of pyridine rings is 1. The van der Waals surface area contributed by atoms with E-state index in [-0.39, 0.29) is 5.91 Å². The van der Waals surface area contributed by atoms with Crippen molar-refractivity contribution in [3.63, 3.8) is 0 Å². The minimum absolute atomic E-state index is 0.306. The van der Waals surface area contributed by atoms with Gasteiger partial charge in [0.2, 0.25) is 0 Å². The van der Waals surface area contributed by atoms with Gasteiger partial charge < -0.3 is 15.8 Å². The lowest BCUT2D eigenvalue weighted by Crippen LogP contribution is -2.11. The fraction of sp³-hybridized carbons (Fsp3) is 0.0303. The van der Waals surface area contributed by atoms with Gasteiger partial charge in [-0.1, -0.05) is 77.8 Å². The fourth-order valence-electron chi connectivity index (χ4n) is 4.47. The lowest BCUT2D eigenvalue weighted by Gasteiger charge is -2.10. The van der Waals surface area contributed by atoms with E-state index in [1.807, 2.05) is 104 Å². The molecule has 0 aliphatic heterocycles. The molecule has 0 bridgehead atoms. The third-order valence-electron chi connectivity index (χ3n) is 6.51. The molecule has 0 saturated heterocycles. The maximum absolute atomic E-state index is 13.4. The van der Waals surface area contributed by atoms with Crippen molar-refractivity contribution >= 4 is 50.4 Å². The molecule has 0 fully saturated rings. The minimum Gasteiger partial charge on any atom is -0.457 e. The monoisotopic (exact) mass is 561 g/mol. The van der Waals surface area contributed by atoms with Crippen molar-refractivity contribution in [3.05, 3.63) is 125 Å². The highest BCUT2D eigenvalue weighted by atomic mass is 35.5. The normalized spacial score (nSPS) is 10.9. The average Bonchev–Trinajstić information content (AvgIpc) is 3.31. The second-order valence-electron chi connectivity index (χ2n) is 9.32. The number of rotatable bonds is 6. The van der Waals surface area contributed by atoms with Crippen LogP contribution < -0.4 is 15.8 Å². The van der Waals surface area contributed by atoms with Crippen LogP contribution in [0.15, 0.2) is 109 Å². The molecule has 196 valence electrons. The van der Waals surface area contributed by atoms with Gasteiger partial charge in [0.05, 0.1) is 11.4 Å². The number of hydrogen-bond acceptors (Lipinski definition) is 5. The molecular formula is C33H24ClN3O2S. The molecule has 2 aromatic heterocycles. The molecule has 2 heterocycles. The van der Waals surface area contributed by atoms with Gasteiger partial charge in [-0.3, -0.25) is 4.79 Å². The van der Waals surface area contributed by atoms with Gasteiger partial charge in [-0.05, 0) is 61.0 Å². The predicted molar refractivity (Wildman–Crippen MR) is 166 cm³/mol. The molecule has 0 aliphatic carbocycles. The topological polar surface area (TPSA) is 77.2 Å². The van der Waals surface area contributed by atoms with Crippen LogP contribution in [0.2, 0.25) is 5.02 Å². The van der Waals surface area contributed by atoms with Crippen LogP contribution in [0.5, 0.6) is 11.5 Å². The number of benzene rings is 4. The van der Waals surface area contributed by atoms with Crippen LogP contribution in [0.4, 0.5) is 11.4 Å². The van der Waals surface area contributed by atoms with Crippen LogP contribution in [-0.2, 0) is 0 Å². The molecule has 4 aromatic carbocycles. The Balaban J connectivity index is 1.36. The van der Waals surface area contributed by atoms with Crippen molar-refractivity contribution in [1.82, 2.24) is 4.98 Å². The summed E-state index contributed by atoms with van der Waals surface area (Å²) < 4.78 is 5.85. The molecule has 0 saturated carbocycles. The maximum Gasteiger partial charge on any atom is 0.267 e. The number of hydrogen-bond donors (Lipinski definition) is 2. The second-order valence-corrected chi connectivity index (χ2v) is 10.7. The zero-order chi connectivity index (χ0) is 27.6. The molecule has 3 N–H and O–H groups in total. The van der Waals surface area contributed by atoms with Gasteiger partial charge in [0.25, 0.3) is 5.91 Å². The molecule has 0 unspecified atom stereocenters. The summed E-state index contributed by atoms with van der Waals surface area (Å²) in [4.78, 5) is 19.4. The van der Waals surface area contributed by atoms with Gasteiger partial charge in [-0.2, -0.15) is 0 Å². The quantitative estimate of drug-likeness (QED) is 0.212. The van der Waals surface area contributed by atoms with Crippen LogP contribution in [0.3, 0.4) is 0 Å². The number of aromatic nitrogens is 1. The number of carbonyl (C=O) groups excluding carboxylic acids is 1. The van der Waals surface area contributed by atoms with E-state index in [0.29, 0.717) is 37.2 Å². The van der Waals surface area contributed by atoms with Crippen molar-refractivity contribution < 1.29 is 9.53 Å². The number of anilines is 2. The number of fused-ring (bicyclic) bond motifs is 1. The van der Waals surface area contributed by atoms with Gasteiger partial charge in [0.15, 0.2) is 0 Å². The van der Waals surface area contributed by atoms with E-state index in [9.17, 15) is 4.79 Å². The number of para-hydroxylation sites is 1. The van der Waals surface area contributed by atoms with Crippen LogP contribution >= 0.6 is 22.9 Å². The molecular weight excluding hydrogens is 538 g/mol. The number of aryl methyl sites for hydroxylation is 1. The Hall–Kier alpha value is -4.65. The van der Waals surface area contributed by atoms with E-state index in [0.717, 1.165) is 33.7 Å². The number of nitrogens with one attached hydrogen (secondary N) is 1. The Kier molecular flexibility index (Phi) is 6.95. The largest absolute Gasteiger partial charge is 0.457 e. The van der Waals surface area contributed by atoms with Crippen molar-refractivity contribution in [2.75, 3.05) is 11.1 Å². The van der Waals surface area contributed by atoms with E-state index in [4.69, 9.17) is 27.1 Å². The number of nitrogens with zero attached hydrogens (tertiary/aromatic N) is 1. The molecule has 0 atom stereocenters. The third-order valence-corrected chi connectivity index (χ3v) is 7.94. The van der Waals surface area contributed by atoms with Crippen LogP contribution in [0, 0.1) is 6.92 Å². The van der Waals surface area contributed by atoms with E-state index < -0.39 is 0 Å². The predicted octanol–water partition coefficient (Wildman–Crippen LogP) is 9.22. The number of thiophene rings is 1. The number of nitrogen functional groups attached to an aromatic ring is 1. The lowest BCUT2D eigenvalue weighted by molar-refractivity contribution is 0.103. The molecule has 0 spiro atoms. The summed E-state index contributed by atoms with van der Waals surface area (Å²) in [6.45, 7) is 2.05. The summed E-state index contributed by atoms with van der Waals surface area (Å²) in [5.41, 5.74) is 12.2. The highest BCUT2D eigenvalue weighted by Gasteiger charge is 2.22. The third kappa shape index (κ3) is 5.15. The molecule has 0 aliphatic rings. The zero-order valence-corrected chi connectivity index (χ0v) is 23.1. The number of ether oxygens (including phenoxy) is 1. The fourth-order valence-corrected chi connectivity index (χ4v) is 5.73. The Morgan fingerprint density at radius 3 is 2.25 bits per heavy atom. The summed E-state index contributed by atoms with van der Waals surface area (Å²) in [7, 11) is 0. The summed E-state index contributed by atoms with van der Waals surface area (Å²) >= 11 is 7.89. The van der Waals surface area contributed by atoms with Gasteiger partial charge in [0, 0.05) is 27.2 Å². The van der Waals surface area contributed by atoms with Gasteiger partial charge in [0.1, 0.15) is 21.2 Å². The number of halogens is 1. The maximum atomic E-state index is 13.4. The molecule has 6 aromatic rings. The van der Waals surface area contributed by atoms with Gasteiger partial charge in [-0.15, -0.1) is 11.3 Å². The van der Waals surface area contributed by atoms with Crippen LogP contribution in [0.25, 0.3) is 32.6 Å². The van der Waals surface area contributed by atoms with E-state index in [2.05, 4.69) is 5.32 Å². The van der Waals surface area contributed by atoms with Gasteiger partial charge in [-0.25, -0.2) is 4.98 Å². The number of carbonyl (C=O) groups is 1. The Morgan fingerprint density at radius 2 is 1.52 bits per heavy atom. The van der Waals surface area contributed by atoms with Crippen LogP contribution in [-0.4, -0.2) is 10.9 Å². The first-order valence-corrected chi connectivity index (χ1v) is 13.8. The molecule has 5 nitrogen and oxygen atoms in total. The number of amides is 1. The Labute approximate surface area is 240 Å². The summed E-state index contributed by atoms with van der Waals surface area (Å²) in [5, 5.41) is 4.27. The first-order chi connectivity index (χ1) is 19.5. The molecule has 0 radical (unpaired) electrons. The summed E-state index contributed by atoms with van der Waals surface area (Å²) in [6.07, 6.45) is 0. The van der Waals surface area contributed by atoms with Crippen molar-refractivity contribution in [3.8, 4) is 33.9 Å². The van der Waals surface area contributed by atoms with E-state index in [1.165, 1.54) is 11.3 Å². The van der Waals surface area contributed by atoms with Crippen LogP contribution in [0.1, 0.15) is 15.2 Å². The van der Waals surface area contributed by atoms with Crippen molar-refractivity contribution in [1.29, 1.82) is 0 Å². The Bertz CT molecular complexity index is 1830. The van der Waals surface area contributed by atoms with E-state index >= 15 is 0 Å². The highest BCUT2D eigenvalue weighted by Crippen LogP contribution is 2.43. The van der Waals surface area contributed by atoms with Crippen molar-refractivity contribution in [2.45, 2.75) is 6.92 Å². The summed E-state index contributed by atoms with van der Waals surface area (Å²) in [5.74, 6) is 1.10. The molecule has 40 heavy (non-hydrogen) atoms. The lowest BCUT2D eigenvalue weighted by atomic mass is 9.99. The second kappa shape index (κ2) is 10.8.